The van der Waals surface area contributed by atoms with E-state index < -0.39 is 0 Å². The lowest BCUT2D eigenvalue weighted by Crippen LogP contribution is -2.33. The van der Waals surface area contributed by atoms with Crippen molar-refractivity contribution in [3.8, 4) is 5.69 Å². The zero-order valence-corrected chi connectivity index (χ0v) is 13.9. The summed E-state index contributed by atoms with van der Waals surface area (Å²) in [6, 6.07) is 6.41. The topological polar surface area (TPSA) is 46.8 Å². The van der Waals surface area contributed by atoms with Crippen LogP contribution in [-0.2, 0) is 0 Å². The number of nitrogens with zero attached hydrogens (tertiary/aromatic N) is 5. The van der Waals surface area contributed by atoms with Gasteiger partial charge in [-0.3, -0.25) is 0 Å². The molecule has 1 aromatic carbocycles. The first-order valence-corrected chi connectivity index (χ1v) is 8.34. The normalized spacial score (nSPS) is 16.0. The third-order valence-corrected chi connectivity index (χ3v) is 4.76. The van der Waals surface area contributed by atoms with Gasteiger partial charge in [-0.2, -0.15) is 5.10 Å². The molecule has 0 atom stereocenters. The van der Waals surface area contributed by atoms with E-state index in [1.54, 1.807) is 17.1 Å². The van der Waals surface area contributed by atoms with Crippen LogP contribution in [0.1, 0.15) is 25.5 Å². The summed E-state index contributed by atoms with van der Waals surface area (Å²) in [4.78, 5) is 11.3. The van der Waals surface area contributed by atoms with Gasteiger partial charge in [0, 0.05) is 13.1 Å². The fourth-order valence-electron chi connectivity index (χ4n) is 3.35. The van der Waals surface area contributed by atoms with Gasteiger partial charge in [-0.15, -0.1) is 0 Å². The number of piperidine rings is 1. The van der Waals surface area contributed by atoms with Crippen LogP contribution in [0.3, 0.4) is 0 Å². The lowest BCUT2D eigenvalue weighted by molar-refractivity contribution is 0.437. The highest BCUT2D eigenvalue weighted by Gasteiger charge is 2.22. The first kappa shape index (κ1) is 15.1. The van der Waals surface area contributed by atoms with Crippen molar-refractivity contribution in [3.63, 3.8) is 0 Å². The summed E-state index contributed by atoms with van der Waals surface area (Å²) in [6.45, 7) is 6.24. The van der Waals surface area contributed by atoms with Crippen molar-refractivity contribution in [2.75, 3.05) is 18.0 Å². The lowest BCUT2D eigenvalue weighted by Gasteiger charge is -2.31. The summed E-state index contributed by atoms with van der Waals surface area (Å²) in [5.41, 5.74) is 2.26. The first-order chi connectivity index (χ1) is 11.6. The molecule has 1 aliphatic rings. The van der Waals surface area contributed by atoms with Gasteiger partial charge in [0.2, 0.25) is 0 Å². The molecule has 4 rings (SSSR count). The molecule has 1 aliphatic heterocycles. The Morgan fingerprint density at radius 2 is 1.96 bits per heavy atom. The maximum absolute atomic E-state index is 13.6. The molecule has 0 bridgehead atoms. The van der Waals surface area contributed by atoms with Gasteiger partial charge in [-0.25, -0.2) is 19.0 Å². The third-order valence-electron chi connectivity index (χ3n) is 4.76. The number of aryl methyl sites for hydroxylation is 1. The zero-order chi connectivity index (χ0) is 16.7. The predicted molar refractivity (Wildman–Crippen MR) is 92.0 cm³/mol. The highest BCUT2D eigenvalue weighted by Crippen LogP contribution is 2.30. The van der Waals surface area contributed by atoms with Gasteiger partial charge in [0.15, 0.2) is 5.65 Å². The van der Waals surface area contributed by atoms with Crippen molar-refractivity contribution in [2.24, 2.45) is 5.92 Å². The maximum Gasteiger partial charge on any atom is 0.168 e. The van der Waals surface area contributed by atoms with Crippen LogP contribution in [-0.4, -0.2) is 32.8 Å². The Kier molecular flexibility index (Phi) is 3.67. The van der Waals surface area contributed by atoms with Crippen molar-refractivity contribution >= 4 is 16.9 Å². The fourth-order valence-corrected chi connectivity index (χ4v) is 3.35. The second-order valence-electron chi connectivity index (χ2n) is 6.54. The molecule has 1 saturated heterocycles. The Bertz CT molecular complexity index is 880. The summed E-state index contributed by atoms with van der Waals surface area (Å²) in [6.07, 6.45) is 3.91. The molecule has 0 spiro atoms. The molecule has 2 aromatic heterocycles. The molecular weight excluding hydrogens is 305 g/mol. The standard InChI is InChI=1S/C18H20FN5/c1-12-6-8-23(9-7-12)17-16-13(2)22-24(18(16)21-11-20-17)15-5-3-4-14(19)10-15/h3-5,10-12H,6-9H2,1-2H3. The van der Waals surface area contributed by atoms with E-state index in [2.05, 4.69) is 26.9 Å². The molecule has 24 heavy (non-hydrogen) atoms. The number of anilines is 1. The lowest BCUT2D eigenvalue weighted by atomic mass is 9.99. The summed E-state index contributed by atoms with van der Waals surface area (Å²) in [5.74, 6) is 1.41. The highest BCUT2D eigenvalue weighted by atomic mass is 19.1. The van der Waals surface area contributed by atoms with Crippen molar-refractivity contribution in [1.29, 1.82) is 0 Å². The van der Waals surface area contributed by atoms with Gasteiger partial charge in [0.1, 0.15) is 18.0 Å². The molecule has 124 valence electrons. The number of hydrogen-bond acceptors (Lipinski definition) is 4. The molecule has 3 heterocycles. The molecule has 0 amide bonds. The minimum Gasteiger partial charge on any atom is -0.356 e. The van der Waals surface area contributed by atoms with Crippen molar-refractivity contribution in [2.45, 2.75) is 26.7 Å². The fraction of sp³-hybridized carbons (Fsp3) is 0.389. The van der Waals surface area contributed by atoms with Gasteiger partial charge >= 0.3 is 0 Å². The van der Waals surface area contributed by atoms with Crippen LogP contribution in [0.5, 0.6) is 0 Å². The summed E-state index contributed by atoms with van der Waals surface area (Å²) in [5, 5.41) is 5.55. The van der Waals surface area contributed by atoms with Gasteiger partial charge in [0.05, 0.1) is 16.8 Å². The SMILES string of the molecule is Cc1nn(-c2cccc(F)c2)c2ncnc(N3CCC(C)CC3)c12. The summed E-state index contributed by atoms with van der Waals surface area (Å²) < 4.78 is 15.3. The predicted octanol–water partition coefficient (Wildman–Crippen LogP) is 3.50. The van der Waals surface area contributed by atoms with Gasteiger partial charge in [-0.1, -0.05) is 13.0 Å². The van der Waals surface area contributed by atoms with E-state index >= 15 is 0 Å². The Morgan fingerprint density at radius 1 is 1.17 bits per heavy atom. The van der Waals surface area contributed by atoms with Crippen LogP contribution in [0, 0.1) is 18.7 Å². The number of halogens is 1. The van der Waals surface area contributed by atoms with E-state index in [1.807, 2.05) is 13.0 Å². The van der Waals surface area contributed by atoms with E-state index in [-0.39, 0.29) is 5.82 Å². The van der Waals surface area contributed by atoms with E-state index in [0.29, 0.717) is 5.69 Å². The molecule has 0 radical (unpaired) electrons. The zero-order valence-electron chi connectivity index (χ0n) is 13.9. The molecule has 0 aliphatic carbocycles. The van der Waals surface area contributed by atoms with Crippen molar-refractivity contribution < 1.29 is 4.39 Å². The average molecular weight is 325 g/mol. The first-order valence-electron chi connectivity index (χ1n) is 8.34. The Morgan fingerprint density at radius 3 is 2.71 bits per heavy atom. The second-order valence-corrected chi connectivity index (χ2v) is 6.54. The maximum atomic E-state index is 13.6. The number of benzene rings is 1. The number of aromatic nitrogens is 4. The molecule has 0 unspecified atom stereocenters. The molecule has 5 nitrogen and oxygen atoms in total. The molecule has 0 N–H and O–H groups in total. The third kappa shape index (κ3) is 2.52. The van der Waals surface area contributed by atoms with E-state index in [9.17, 15) is 4.39 Å². The van der Waals surface area contributed by atoms with Gasteiger partial charge in [-0.05, 0) is 43.9 Å². The van der Waals surface area contributed by atoms with Crippen molar-refractivity contribution in [1.82, 2.24) is 19.7 Å². The van der Waals surface area contributed by atoms with Gasteiger partial charge in [0.25, 0.3) is 0 Å². The van der Waals surface area contributed by atoms with Crippen LogP contribution < -0.4 is 4.90 Å². The minimum atomic E-state index is -0.284. The number of rotatable bonds is 2. The smallest absolute Gasteiger partial charge is 0.168 e. The summed E-state index contributed by atoms with van der Waals surface area (Å²) in [7, 11) is 0. The van der Waals surface area contributed by atoms with Gasteiger partial charge < -0.3 is 4.90 Å². The highest BCUT2D eigenvalue weighted by molar-refractivity contribution is 5.90. The largest absolute Gasteiger partial charge is 0.356 e. The monoisotopic (exact) mass is 325 g/mol. The van der Waals surface area contributed by atoms with E-state index in [4.69, 9.17) is 0 Å². The quantitative estimate of drug-likeness (QED) is 0.723. The Labute approximate surface area is 140 Å². The van der Waals surface area contributed by atoms with Crippen LogP contribution in [0.4, 0.5) is 10.2 Å². The molecule has 1 fully saturated rings. The molecule has 0 saturated carbocycles. The van der Waals surface area contributed by atoms with E-state index in [0.717, 1.165) is 41.6 Å². The minimum absolute atomic E-state index is 0.284. The molecular formula is C18H20FN5. The van der Waals surface area contributed by atoms with Crippen LogP contribution in [0.2, 0.25) is 0 Å². The molecule has 6 heteroatoms. The van der Waals surface area contributed by atoms with Crippen molar-refractivity contribution in [3.05, 3.63) is 42.1 Å². The Hall–Kier alpha value is -2.50. The summed E-state index contributed by atoms with van der Waals surface area (Å²) >= 11 is 0. The average Bonchev–Trinajstić information content (AvgIpc) is 2.93. The Balaban J connectivity index is 1.84. The number of hydrogen-bond donors (Lipinski definition) is 0. The molecule has 3 aromatic rings. The van der Waals surface area contributed by atoms with E-state index in [1.165, 1.54) is 25.0 Å². The second kappa shape index (κ2) is 5.85. The van der Waals surface area contributed by atoms with Crippen LogP contribution >= 0.6 is 0 Å². The van der Waals surface area contributed by atoms with Crippen LogP contribution in [0.25, 0.3) is 16.7 Å². The number of fused-ring (bicyclic) bond motifs is 1. The van der Waals surface area contributed by atoms with Crippen LogP contribution in [0.15, 0.2) is 30.6 Å².